The van der Waals surface area contributed by atoms with E-state index in [2.05, 4.69) is 52.5 Å². The molecule has 1 unspecified atom stereocenters. The van der Waals surface area contributed by atoms with E-state index >= 15 is 0 Å². The minimum absolute atomic E-state index is 0.107. The second-order valence-corrected chi connectivity index (χ2v) is 13.3. The Bertz CT molecular complexity index is 827. The highest BCUT2D eigenvalue weighted by atomic mass is 16.5. The standard InChI is InChI=1S/C31H51NO2/c1-7-32(8-2)19-20(3)9-12-27-21(4)29-28(34-27)18-26-24-11-10-22-17-23(33)13-15-30(22,5)25(24)14-16-31(26,29)6/h10,20,23-26,28-29,33H,7-9,11-19H2,1-6H3/t20?,23-,24+,25-,26-,28-,29-,30-,31-/m0/s1. The van der Waals surface area contributed by atoms with Crippen molar-refractivity contribution in [3.8, 4) is 0 Å². The number of nitrogens with zero attached hydrogens (tertiary/aromatic N) is 1. The van der Waals surface area contributed by atoms with Gasteiger partial charge in [-0.3, -0.25) is 0 Å². The third-order valence-corrected chi connectivity index (χ3v) is 11.6. The summed E-state index contributed by atoms with van der Waals surface area (Å²) in [4.78, 5) is 2.55. The van der Waals surface area contributed by atoms with Crippen molar-refractivity contribution in [2.24, 2.45) is 40.4 Å². The summed E-state index contributed by atoms with van der Waals surface area (Å²) in [5.41, 5.74) is 3.92. The summed E-state index contributed by atoms with van der Waals surface area (Å²) in [6.07, 6.45) is 13.6. The van der Waals surface area contributed by atoms with Crippen LogP contribution in [0.1, 0.15) is 99.3 Å². The normalized spacial score (nSPS) is 44.2. The Labute approximate surface area is 209 Å². The van der Waals surface area contributed by atoms with Crippen LogP contribution in [0.3, 0.4) is 0 Å². The molecule has 3 nitrogen and oxygen atoms in total. The van der Waals surface area contributed by atoms with Crippen LogP contribution in [0.15, 0.2) is 23.0 Å². The molecular formula is C31H51NO2. The highest BCUT2D eigenvalue weighted by molar-refractivity contribution is 5.30. The molecule has 1 heterocycles. The van der Waals surface area contributed by atoms with Gasteiger partial charge in [-0.25, -0.2) is 0 Å². The maximum absolute atomic E-state index is 10.3. The maximum atomic E-state index is 10.3. The van der Waals surface area contributed by atoms with E-state index in [9.17, 15) is 5.11 Å². The summed E-state index contributed by atoms with van der Waals surface area (Å²) in [7, 11) is 0. The van der Waals surface area contributed by atoms with Crippen molar-refractivity contribution in [3.05, 3.63) is 23.0 Å². The van der Waals surface area contributed by atoms with Crippen molar-refractivity contribution in [1.29, 1.82) is 0 Å². The molecule has 0 saturated heterocycles. The van der Waals surface area contributed by atoms with Crippen molar-refractivity contribution in [2.45, 2.75) is 112 Å². The van der Waals surface area contributed by atoms with Gasteiger partial charge in [-0.15, -0.1) is 0 Å². The average molecular weight is 470 g/mol. The molecule has 0 aromatic carbocycles. The zero-order valence-corrected chi connectivity index (χ0v) is 22.9. The number of fused-ring (bicyclic) bond motifs is 7. The van der Waals surface area contributed by atoms with Crippen LogP contribution in [0.2, 0.25) is 0 Å². The van der Waals surface area contributed by atoms with E-state index in [1.165, 1.54) is 50.8 Å². The summed E-state index contributed by atoms with van der Waals surface area (Å²) < 4.78 is 6.81. The van der Waals surface area contributed by atoms with Crippen LogP contribution in [0.5, 0.6) is 0 Å². The maximum Gasteiger partial charge on any atom is 0.106 e. The lowest BCUT2D eigenvalue weighted by atomic mass is 9.47. The fraction of sp³-hybridized carbons (Fsp3) is 0.871. The molecule has 3 fully saturated rings. The van der Waals surface area contributed by atoms with Gasteiger partial charge in [0.2, 0.25) is 0 Å². The lowest BCUT2D eigenvalue weighted by molar-refractivity contribution is -0.0454. The van der Waals surface area contributed by atoms with Crippen LogP contribution < -0.4 is 0 Å². The Morgan fingerprint density at radius 3 is 2.65 bits per heavy atom. The molecule has 0 radical (unpaired) electrons. The van der Waals surface area contributed by atoms with Gasteiger partial charge in [-0.05, 0) is 111 Å². The first kappa shape index (κ1) is 24.9. The predicted molar refractivity (Wildman–Crippen MR) is 140 cm³/mol. The van der Waals surface area contributed by atoms with E-state index in [0.717, 1.165) is 56.0 Å². The molecule has 4 aliphatic carbocycles. The van der Waals surface area contributed by atoms with Crippen molar-refractivity contribution < 1.29 is 9.84 Å². The third kappa shape index (κ3) is 3.92. The Balaban J connectivity index is 1.29. The second-order valence-electron chi connectivity index (χ2n) is 13.3. The van der Waals surface area contributed by atoms with Gasteiger partial charge >= 0.3 is 0 Å². The van der Waals surface area contributed by atoms with Crippen LogP contribution >= 0.6 is 0 Å². The third-order valence-electron chi connectivity index (χ3n) is 11.6. The molecule has 9 atom stereocenters. The van der Waals surface area contributed by atoms with Gasteiger partial charge in [0.05, 0.1) is 11.9 Å². The van der Waals surface area contributed by atoms with Crippen molar-refractivity contribution in [3.63, 3.8) is 0 Å². The number of hydrogen-bond donors (Lipinski definition) is 1. The molecule has 0 aromatic rings. The van der Waals surface area contributed by atoms with Gasteiger partial charge in [0, 0.05) is 18.9 Å². The van der Waals surface area contributed by atoms with Crippen LogP contribution in [0, 0.1) is 40.4 Å². The largest absolute Gasteiger partial charge is 0.494 e. The molecule has 0 spiro atoms. The summed E-state index contributed by atoms with van der Waals surface area (Å²) in [6, 6.07) is 0. The summed E-state index contributed by atoms with van der Waals surface area (Å²) in [6.45, 7) is 18.1. The number of rotatable bonds is 7. The molecule has 3 saturated carbocycles. The summed E-state index contributed by atoms with van der Waals surface area (Å²) >= 11 is 0. The quantitative estimate of drug-likeness (QED) is 0.409. The predicted octanol–water partition coefficient (Wildman–Crippen LogP) is 6.97. The molecule has 192 valence electrons. The highest BCUT2D eigenvalue weighted by Crippen LogP contribution is 2.68. The Kier molecular flexibility index (Phi) is 6.77. The van der Waals surface area contributed by atoms with E-state index in [4.69, 9.17) is 4.74 Å². The van der Waals surface area contributed by atoms with E-state index in [0.29, 0.717) is 22.9 Å². The SMILES string of the molecule is CCN(CC)CC(C)CCC1=C(C)[C@H]2[C@H](C[C@H]3[C@@H]4CC=C5C[C@@H](O)CC[C@]5(C)[C@H]4CC[C@@]32C)O1. The van der Waals surface area contributed by atoms with Crippen LogP contribution in [-0.4, -0.2) is 41.8 Å². The fourth-order valence-corrected chi connectivity index (χ4v) is 9.62. The number of aliphatic hydroxyl groups excluding tert-OH is 1. The Hall–Kier alpha value is -0.800. The fourth-order valence-electron chi connectivity index (χ4n) is 9.62. The van der Waals surface area contributed by atoms with Gasteiger partial charge in [-0.2, -0.15) is 0 Å². The number of allylic oxidation sites excluding steroid dienone is 2. The second kappa shape index (κ2) is 9.25. The molecule has 5 aliphatic rings. The molecule has 1 aliphatic heterocycles. The van der Waals surface area contributed by atoms with Crippen LogP contribution in [0.25, 0.3) is 0 Å². The van der Waals surface area contributed by atoms with Crippen LogP contribution in [0.4, 0.5) is 0 Å². The van der Waals surface area contributed by atoms with Crippen molar-refractivity contribution in [1.82, 2.24) is 4.90 Å². The monoisotopic (exact) mass is 469 g/mol. The van der Waals surface area contributed by atoms with E-state index in [1.807, 2.05) is 0 Å². The number of aliphatic hydroxyl groups is 1. The minimum Gasteiger partial charge on any atom is -0.494 e. The van der Waals surface area contributed by atoms with Gasteiger partial charge in [0.15, 0.2) is 0 Å². The molecule has 0 aromatic heterocycles. The van der Waals surface area contributed by atoms with Crippen molar-refractivity contribution >= 4 is 0 Å². The first-order valence-corrected chi connectivity index (χ1v) is 14.7. The van der Waals surface area contributed by atoms with Gasteiger partial charge in [0.25, 0.3) is 0 Å². The highest BCUT2D eigenvalue weighted by Gasteiger charge is 2.63. The lowest BCUT2D eigenvalue weighted by Gasteiger charge is -2.57. The molecule has 3 heteroatoms. The summed E-state index contributed by atoms with van der Waals surface area (Å²) in [5.74, 6) is 5.12. The molecule has 0 bridgehead atoms. The number of hydrogen-bond acceptors (Lipinski definition) is 3. The molecule has 34 heavy (non-hydrogen) atoms. The zero-order valence-electron chi connectivity index (χ0n) is 22.9. The van der Waals surface area contributed by atoms with Gasteiger partial charge in [-0.1, -0.05) is 46.3 Å². The molecule has 1 N–H and O–H groups in total. The van der Waals surface area contributed by atoms with Gasteiger partial charge in [0.1, 0.15) is 6.10 Å². The molecule has 0 amide bonds. The Morgan fingerprint density at radius 1 is 1.15 bits per heavy atom. The first-order valence-electron chi connectivity index (χ1n) is 14.7. The molecule has 5 rings (SSSR count). The topological polar surface area (TPSA) is 32.7 Å². The van der Waals surface area contributed by atoms with Crippen LogP contribution in [-0.2, 0) is 4.74 Å². The Morgan fingerprint density at radius 2 is 1.91 bits per heavy atom. The first-order chi connectivity index (χ1) is 16.2. The van der Waals surface area contributed by atoms with E-state index in [-0.39, 0.29) is 6.10 Å². The lowest BCUT2D eigenvalue weighted by Crippen LogP contribution is -2.50. The number of ether oxygens (including phenoxy) is 1. The summed E-state index contributed by atoms with van der Waals surface area (Å²) in [5, 5.41) is 10.3. The minimum atomic E-state index is -0.107. The molecular weight excluding hydrogens is 418 g/mol. The van der Waals surface area contributed by atoms with E-state index < -0.39 is 0 Å². The van der Waals surface area contributed by atoms with Crippen molar-refractivity contribution in [2.75, 3.05) is 19.6 Å². The zero-order chi connectivity index (χ0) is 24.3. The van der Waals surface area contributed by atoms with E-state index in [1.54, 1.807) is 11.1 Å². The smallest absolute Gasteiger partial charge is 0.106 e. The average Bonchev–Trinajstić information content (AvgIpc) is 3.29. The van der Waals surface area contributed by atoms with Gasteiger partial charge < -0.3 is 14.7 Å².